The molecule has 2 aliphatic rings. The van der Waals surface area contributed by atoms with Crippen LogP contribution in [0.3, 0.4) is 0 Å². The number of aromatic nitrogens is 1. The van der Waals surface area contributed by atoms with Crippen molar-refractivity contribution < 1.29 is 22.7 Å². The van der Waals surface area contributed by atoms with Crippen LogP contribution in [-0.2, 0) is 15.7 Å². The van der Waals surface area contributed by atoms with Gasteiger partial charge in [-0.3, -0.25) is 4.79 Å². The zero-order chi connectivity index (χ0) is 18.7. The summed E-state index contributed by atoms with van der Waals surface area (Å²) in [5.41, 5.74) is 4.80. The van der Waals surface area contributed by atoms with Crippen molar-refractivity contribution >= 4 is 36.5 Å². The molecule has 0 bridgehead atoms. The molecule has 2 fully saturated rings. The van der Waals surface area contributed by atoms with Gasteiger partial charge in [0.05, 0.1) is 11.7 Å². The Bertz CT molecular complexity index is 626. The average molecular weight is 445 g/mol. The molecule has 1 amide bonds. The number of carbonyl (C=O) groups excluding carboxylic acids is 1. The molecule has 0 unspecified atom stereocenters. The Labute approximate surface area is 174 Å². The Hall–Kier alpha value is -1.29. The molecule has 2 saturated heterocycles. The molecule has 6 nitrogen and oxygen atoms in total. The van der Waals surface area contributed by atoms with E-state index in [1.54, 1.807) is 0 Å². The third kappa shape index (κ3) is 6.10. The van der Waals surface area contributed by atoms with Crippen LogP contribution in [0.1, 0.15) is 31.2 Å². The quantitative estimate of drug-likeness (QED) is 0.745. The van der Waals surface area contributed by atoms with Crippen molar-refractivity contribution in [1.82, 2.24) is 10.3 Å². The second kappa shape index (κ2) is 10.5. The van der Waals surface area contributed by atoms with Gasteiger partial charge in [0.15, 0.2) is 0 Å². The van der Waals surface area contributed by atoms with Crippen LogP contribution in [0, 0.1) is 0 Å². The first-order valence-electron chi connectivity index (χ1n) is 8.81. The third-order valence-electron chi connectivity index (χ3n) is 4.90. The number of carbonyl (C=O) groups is 1. The molecule has 3 heterocycles. The van der Waals surface area contributed by atoms with E-state index in [0.29, 0.717) is 44.7 Å². The number of nitrogens with zero attached hydrogens (tertiary/aromatic N) is 2. The zero-order valence-corrected chi connectivity index (χ0v) is 16.8. The van der Waals surface area contributed by atoms with E-state index in [1.165, 1.54) is 6.07 Å². The van der Waals surface area contributed by atoms with E-state index in [4.69, 9.17) is 10.5 Å². The summed E-state index contributed by atoms with van der Waals surface area (Å²) < 4.78 is 43.4. The van der Waals surface area contributed by atoms with E-state index in [1.807, 2.05) is 4.90 Å². The maximum absolute atomic E-state index is 12.6. The molecule has 2 aliphatic heterocycles. The maximum atomic E-state index is 12.6. The van der Waals surface area contributed by atoms with Crippen LogP contribution < -0.4 is 16.0 Å². The number of pyridine rings is 1. The molecule has 0 aliphatic carbocycles. The number of piperidine rings is 1. The van der Waals surface area contributed by atoms with E-state index >= 15 is 0 Å². The number of nitrogens with two attached hydrogens (primary N) is 1. The number of hydrogen-bond acceptors (Lipinski definition) is 5. The van der Waals surface area contributed by atoms with E-state index in [-0.39, 0.29) is 42.9 Å². The Morgan fingerprint density at radius 1 is 1.21 bits per heavy atom. The lowest BCUT2D eigenvalue weighted by molar-refractivity contribution is -0.137. The fourth-order valence-electron chi connectivity index (χ4n) is 3.36. The summed E-state index contributed by atoms with van der Waals surface area (Å²) in [5, 5.41) is 3.01. The minimum absolute atomic E-state index is 0. The number of halogens is 5. The van der Waals surface area contributed by atoms with Gasteiger partial charge in [-0.2, -0.15) is 13.2 Å². The fourth-order valence-corrected chi connectivity index (χ4v) is 3.36. The highest BCUT2D eigenvalue weighted by molar-refractivity contribution is 5.85. The van der Waals surface area contributed by atoms with Gasteiger partial charge in [-0.1, -0.05) is 0 Å². The Balaban J connectivity index is 0.00000196. The lowest BCUT2D eigenvalue weighted by Gasteiger charge is -2.33. The molecular weight excluding hydrogens is 420 g/mol. The van der Waals surface area contributed by atoms with Gasteiger partial charge in [-0.05, 0) is 37.8 Å². The largest absolute Gasteiger partial charge is 0.417 e. The predicted molar refractivity (Wildman–Crippen MR) is 104 cm³/mol. The van der Waals surface area contributed by atoms with Crippen LogP contribution in [-0.4, -0.2) is 48.8 Å². The zero-order valence-electron chi connectivity index (χ0n) is 15.2. The first-order chi connectivity index (χ1) is 12.4. The van der Waals surface area contributed by atoms with Gasteiger partial charge in [0.1, 0.15) is 11.9 Å². The number of anilines is 1. The molecular formula is C17H25Cl2F3N4O2. The molecule has 11 heteroatoms. The summed E-state index contributed by atoms with van der Waals surface area (Å²) in [6.45, 7) is 1.67. The molecule has 28 heavy (non-hydrogen) atoms. The summed E-state index contributed by atoms with van der Waals surface area (Å²) in [7, 11) is 0. The number of ether oxygens (including phenoxy) is 1. The molecule has 1 aromatic heterocycles. The van der Waals surface area contributed by atoms with Gasteiger partial charge in [-0.25, -0.2) is 4.98 Å². The van der Waals surface area contributed by atoms with Crippen molar-refractivity contribution in [2.24, 2.45) is 5.73 Å². The van der Waals surface area contributed by atoms with Gasteiger partial charge >= 0.3 is 6.18 Å². The molecule has 3 N–H and O–H groups in total. The van der Waals surface area contributed by atoms with Crippen molar-refractivity contribution in [3.63, 3.8) is 0 Å². The first kappa shape index (κ1) is 24.7. The van der Waals surface area contributed by atoms with Crippen LogP contribution in [0.5, 0.6) is 0 Å². The Morgan fingerprint density at radius 2 is 1.89 bits per heavy atom. The number of amides is 1. The Morgan fingerprint density at radius 3 is 2.39 bits per heavy atom. The van der Waals surface area contributed by atoms with E-state index < -0.39 is 17.8 Å². The van der Waals surface area contributed by atoms with Crippen molar-refractivity contribution in [3.05, 3.63) is 23.9 Å². The fraction of sp³-hybridized carbons (Fsp3) is 0.647. The van der Waals surface area contributed by atoms with Crippen molar-refractivity contribution in [2.75, 3.05) is 24.5 Å². The highest BCUT2D eigenvalue weighted by atomic mass is 35.5. The number of nitrogens with one attached hydrogen (secondary N) is 1. The number of alkyl halides is 3. The average Bonchev–Trinajstić information content (AvgIpc) is 3.11. The van der Waals surface area contributed by atoms with Crippen LogP contribution >= 0.6 is 24.8 Å². The van der Waals surface area contributed by atoms with Crippen molar-refractivity contribution in [2.45, 2.75) is 50.1 Å². The molecule has 0 aromatic carbocycles. The summed E-state index contributed by atoms with van der Waals surface area (Å²) >= 11 is 0. The highest BCUT2D eigenvalue weighted by Crippen LogP contribution is 2.30. The molecule has 2 atom stereocenters. The van der Waals surface area contributed by atoms with Crippen molar-refractivity contribution in [3.8, 4) is 0 Å². The van der Waals surface area contributed by atoms with Gasteiger partial charge in [0.25, 0.3) is 0 Å². The van der Waals surface area contributed by atoms with Gasteiger partial charge in [0.2, 0.25) is 5.91 Å². The van der Waals surface area contributed by atoms with Crippen LogP contribution in [0.4, 0.5) is 19.0 Å². The molecule has 160 valence electrons. The third-order valence-corrected chi connectivity index (χ3v) is 4.90. The van der Waals surface area contributed by atoms with Gasteiger partial charge in [-0.15, -0.1) is 24.8 Å². The number of rotatable bonds is 4. The Kier molecular flexibility index (Phi) is 9.26. The predicted octanol–water partition coefficient (Wildman–Crippen LogP) is 2.54. The number of hydrogen-bond donors (Lipinski definition) is 2. The first-order valence-corrected chi connectivity index (χ1v) is 8.81. The molecule has 0 spiro atoms. The van der Waals surface area contributed by atoms with E-state index in [9.17, 15) is 18.0 Å². The molecule has 0 saturated carbocycles. The highest BCUT2D eigenvalue weighted by Gasteiger charge is 2.33. The van der Waals surface area contributed by atoms with Crippen molar-refractivity contribution in [1.29, 1.82) is 0 Å². The minimum atomic E-state index is -4.38. The minimum Gasteiger partial charge on any atom is -0.364 e. The SMILES string of the molecule is Cl.Cl.NC[C@H]1CC[C@@H](C(=O)NC2CCN(c3ccc(C(F)(F)F)cn3)CC2)O1. The second-order valence-electron chi connectivity index (χ2n) is 6.73. The molecule has 3 rings (SSSR count). The maximum Gasteiger partial charge on any atom is 0.417 e. The van der Waals surface area contributed by atoms with Crippen LogP contribution in [0.15, 0.2) is 18.3 Å². The van der Waals surface area contributed by atoms with E-state index in [0.717, 1.165) is 18.7 Å². The second-order valence-corrected chi connectivity index (χ2v) is 6.73. The summed E-state index contributed by atoms with van der Waals surface area (Å²) in [4.78, 5) is 18.1. The van der Waals surface area contributed by atoms with Crippen LogP contribution in [0.2, 0.25) is 0 Å². The van der Waals surface area contributed by atoms with Gasteiger partial charge < -0.3 is 20.7 Å². The lowest BCUT2D eigenvalue weighted by atomic mass is 10.0. The monoisotopic (exact) mass is 444 g/mol. The summed E-state index contributed by atoms with van der Waals surface area (Å²) in [5.74, 6) is 0.416. The van der Waals surface area contributed by atoms with Crippen LogP contribution in [0.25, 0.3) is 0 Å². The topological polar surface area (TPSA) is 80.5 Å². The smallest absolute Gasteiger partial charge is 0.364 e. The van der Waals surface area contributed by atoms with E-state index in [2.05, 4.69) is 10.3 Å². The standard InChI is InChI=1S/C17H23F3N4O2.2ClH/c18-17(19,20)11-1-4-15(22-10-11)24-7-5-12(6-8-24)23-16(25)14-3-2-13(9-21)26-14;;/h1,4,10,12-14H,2-3,5-9,21H2,(H,23,25);2*1H/t13-,14+;;/m1../s1. The van der Waals surface area contributed by atoms with Gasteiger partial charge in [0, 0.05) is 31.9 Å². The normalized spacial score (nSPS) is 22.9. The lowest BCUT2D eigenvalue weighted by Crippen LogP contribution is -2.47. The molecule has 1 aromatic rings. The summed E-state index contributed by atoms with van der Waals surface area (Å²) in [6.07, 6.45) is -1.10. The molecule has 0 radical (unpaired) electrons. The summed E-state index contributed by atoms with van der Waals surface area (Å²) in [6, 6.07) is 2.47.